The first-order valence-corrected chi connectivity index (χ1v) is 11.9. The second-order valence-corrected chi connectivity index (χ2v) is 8.99. The molecule has 5 rings (SSSR count). The minimum atomic E-state index is -0.278. The summed E-state index contributed by atoms with van der Waals surface area (Å²) < 4.78 is 36.4. The van der Waals surface area contributed by atoms with Gasteiger partial charge in [-0.3, -0.25) is 9.29 Å². The molecule has 0 aromatic heterocycles. The van der Waals surface area contributed by atoms with E-state index >= 15 is 0 Å². The number of hydrogen-bond donors (Lipinski definition) is 1. The van der Waals surface area contributed by atoms with E-state index in [0.29, 0.717) is 24.5 Å². The highest BCUT2D eigenvalue weighted by Crippen LogP contribution is 2.44. The zero-order chi connectivity index (χ0) is 24.8. The van der Waals surface area contributed by atoms with Crippen LogP contribution in [0.15, 0.2) is 66.7 Å². The van der Waals surface area contributed by atoms with Crippen LogP contribution < -0.4 is 9.47 Å². The zero-order valence-electron chi connectivity index (χ0n) is 19.5. The van der Waals surface area contributed by atoms with E-state index in [0.717, 1.165) is 42.1 Å². The third-order valence-electron chi connectivity index (χ3n) is 6.15. The van der Waals surface area contributed by atoms with Gasteiger partial charge in [0, 0.05) is 36.7 Å². The molecule has 0 spiro atoms. The summed E-state index contributed by atoms with van der Waals surface area (Å²) in [5.41, 5.74) is 3.44. The molecule has 0 aliphatic carbocycles. The summed E-state index contributed by atoms with van der Waals surface area (Å²) in [6, 6.07) is 19.2. The van der Waals surface area contributed by atoms with Gasteiger partial charge in [-0.05, 0) is 54.5 Å². The molecule has 1 saturated heterocycles. The Morgan fingerprint density at radius 2 is 1.77 bits per heavy atom. The van der Waals surface area contributed by atoms with Gasteiger partial charge < -0.3 is 14.6 Å². The fraction of sp³-hybridized carbons (Fsp3) is 0.286. The molecule has 2 heterocycles. The molecule has 7 heteroatoms. The smallest absolute Gasteiger partial charge is 0.135 e. The summed E-state index contributed by atoms with van der Waals surface area (Å²) in [6.07, 6.45) is 0. The average molecular weight is 500 g/mol. The van der Waals surface area contributed by atoms with Crippen molar-refractivity contribution < 1.29 is 23.4 Å². The largest absolute Gasteiger partial charge is 0.506 e. The second kappa shape index (κ2) is 11.6. The van der Waals surface area contributed by atoms with Crippen molar-refractivity contribution in [2.45, 2.75) is 6.92 Å². The molecule has 0 unspecified atom stereocenters. The number of halogens is 3. The van der Waals surface area contributed by atoms with Crippen molar-refractivity contribution in [3.05, 3.63) is 88.7 Å². The molecule has 1 N–H and O–H groups in total. The van der Waals surface area contributed by atoms with Crippen molar-refractivity contribution >= 4 is 22.7 Å². The van der Waals surface area contributed by atoms with E-state index in [1.165, 1.54) is 18.2 Å². The predicted octanol–water partition coefficient (Wildman–Crippen LogP) is 6.47. The molecule has 0 bridgehead atoms. The minimum Gasteiger partial charge on any atom is -0.506 e. The number of alkyl halides is 1. The Bertz CT molecular complexity index is 1160. The highest BCUT2D eigenvalue weighted by molar-refractivity contribution is 6.34. The number of phenols is 1. The first-order chi connectivity index (χ1) is 17.0. The fourth-order valence-corrected chi connectivity index (χ4v) is 4.44. The van der Waals surface area contributed by atoms with Gasteiger partial charge in [-0.2, -0.15) is 0 Å². The lowest BCUT2D eigenvalue weighted by Crippen LogP contribution is -2.49. The van der Waals surface area contributed by atoms with Gasteiger partial charge >= 0.3 is 0 Å². The van der Waals surface area contributed by atoms with Gasteiger partial charge in [0.15, 0.2) is 0 Å². The van der Waals surface area contributed by atoms with E-state index in [4.69, 9.17) is 21.1 Å². The standard InChI is InChI=1S/C16H12ClFO2.C12H16FNO/c1-9-12(10-2-4-11(18)5-3-10)8-20-14-7-6-13(19)16(17)15(9)14;13-8-11-9-14(10-11)6-7-15-12-4-2-1-3-5-12/h2-7,19H,8H2,1H3;1-5,11H,6-10H2. The lowest BCUT2D eigenvalue weighted by Gasteiger charge is -2.37. The maximum absolute atomic E-state index is 13.0. The van der Waals surface area contributed by atoms with Gasteiger partial charge in [0.25, 0.3) is 0 Å². The summed E-state index contributed by atoms with van der Waals surface area (Å²) >= 11 is 6.16. The number of rotatable bonds is 6. The molecule has 3 aromatic carbocycles. The van der Waals surface area contributed by atoms with Gasteiger partial charge in [-0.15, -0.1) is 0 Å². The Morgan fingerprint density at radius 1 is 1.06 bits per heavy atom. The molecule has 0 saturated carbocycles. The topological polar surface area (TPSA) is 41.9 Å². The van der Waals surface area contributed by atoms with Crippen LogP contribution in [0.5, 0.6) is 17.2 Å². The van der Waals surface area contributed by atoms with Crippen LogP contribution in [-0.2, 0) is 0 Å². The molecule has 4 nitrogen and oxygen atoms in total. The molecule has 2 aliphatic heterocycles. The summed E-state index contributed by atoms with van der Waals surface area (Å²) in [5, 5.41) is 10.0. The summed E-state index contributed by atoms with van der Waals surface area (Å²) in [7, 11) is 0. The number of nitrogens with zero attached hydrogens (tertiary/aromatic N) is 1. The first-order valence-electron chi connectivity index (χ1n) is 11.5. The Kier molecular flexibility index (Phi) is 8.26. The Balaban J connectivity index is 0.000000172. The van der Waals surface area contributed by atoms with Crippen molar-refractivity contribution in [1.82, 2.24) is 4.90 Å². The second-order valence-electron chi connectivity index (χ2n) is 8.61. The van der Waals surface area contributed by atoms with E-state index in [9.17, 15) is 13.9 Å². The van der Waals surface area contributed by atoms with E-state index in [1.807, 2.05) is 37.3 Å². The molecule has 2 aliphatic rings. The van der Waals surface area contributed by atoms with Crippen molar-refractivity contribution in [3.8, 4) is 17.2 Å². The van der Waals surface area contributed by atoms with E-state index < -0.39 is 0 Å². The normalized spacial score (nSPS) is 15.4. The lowest BCUT2D eigenvalue weighted by molar-refractivity contribution is 0.0668. The Labute approximate surface area is 209 Å². The number of benzene rings is 3. The molecule has 0 atom stereocenters. The molecule has 184 valence electrons. The molecular weight excluding hydrogens is 472 g/mol. The predicted molar refractivity (Wildman–Crippen MR) is 135 cm³/mol. The summed E-state index contributed by atoms with van der Waals surface area (Å²) in [6.45, 7) is 5.48. The van der Waals surface area contributed by atoms with Crippen LogP contribution in [0.3, 0.4) is 0 Å². The number of likely N-dealkylation sites (tertiary alicyclic amines) is 1. The van der Waals surface area contributed by atoms with Gasteiger partial charge in [0.2, 0.25) is 0 Å². The number of aromatic hydroxyl groups is 1. The van der Waals surface area contributed by atoms with E-state index in [-0.39, 0.29) is 29.2 Å². The maximum atomic E-state index is 13.0. The summed E-state index contributed by atoms with van der Waals surface area (Å²) in [5.74, 6) is 1.56. The quantitative estimate of drug-likeness (QED) is 0.422. The average Bonchev–Trinajstić information content (AvgIpc) is 2.85. The van der Waals surface area contributed by atoms with Crippen LogP contribution in [0.1, 0.15) is 18.1 Å². The molecule has 0 radical (unpaired) electrons. The van der Waals surface area contributed by atoms with Crippen LogP contribution in [0, 0.1) is 11.7 Å². The monoisotopic (exact) mass is 499 g/mol. The third-order valence-corrected chi connectivity index (χ3v) is 6.53. The fourth-order valence-electron chi connectivity index (χ4n) is 4.14. The van der Waals surface area contributed by atoms with E-state index in [1.54, 1.807) is 18.2 Å². The van der Waals surface area contributed by atoms with E-state index in [2.05, 4.69) is 4.90 Å². The minimum absolute atomic E-state index is 0.0220. The SMILES string of the molecule is CC1=C(c2ccc(F)cc2)COc2ccc(O)c(Cl)c21.FCC1CN(CCOc2ccccc2)C1. The highest BCUT2D eigenvalue weighted by atomic mass is 35.5. The van der Waals surface area contributed by atoms with Crippen LogP contribution >= 0.6 is 11.6 Å². The zero-order valence-corrected chi connectivity index (χ0v) is 20.3. The number of phenolic OH excluding ortho intramolecular Hbond substituents is 1. The van der Waals surface area contributed by atoms with Gasteiger partial charge in [0.1, 0.15) is 36.3 Å². The van der Waals surface area contributed by atoms with Crippen LogP contribution in [0.25, 0.3) is 11.1 Å². The number of fused-ring (bicyclic) bond motifs is 1. The number of para-hydroxylation sites is 1. The van der Waals surface area contributed by atoms with Crippen LogP contribution in [-0.4, -0.2) is 49.5 Å². The van der Waals surface area contributed by atoms with Gasteiger partial charge in [-0.25, -0.2) is 4.39 Å². The van der Waals surface area contributed by atoms with Crippen LogP contribution in [0.2, 0.25) is 5.02 Å². The maximum Gasteiger partial charge on any atom is 0.135 e. The summed E-state index contributed by atoms with van der Waals surface area (Å²) in [4.78, 5) is 2.22. The van der Waals surface area contributed by atoms with Crippen molar-refractivity contribution in [1.29, 1.82) is 0 Å². The van der Waals surface area contributed by atoms with Crippen molar-refractivity contribution in [2.75, 3.05) is 39.5 Å². The molecular formula is C28H28ClF2NO3. The van der Waals surface area contributed by atoms with Crippen LogP contribution in [0.4, 0.5) is 8.78 Å². The lowest BCUT2D eigenvalue weighted by atomic mass is 9.93. The number of ether oxygens (including phenoxy) is 2. The van der Waals surface area contributed by atoms with Crippen molar-refractivity contribution in [3.63, 3.8) is 0 Å². The molecule has 1 fully saturated rings. The van der Waals surface area contributed by atoms with Gasteiger partial charge in [-0.1, -0.05) is 41.9 Å². The number of allylic oxidation sites excluding steroid dienone is 1. The van der Waals surface area contributed by atoms with Gasteiger partial charge in [0.05, 0.1) is 11.7 Å². The first kappa shape index (κ1) is 25.0. The number of hydrogen-bond acceptors (Lipinski definition) is 4. The Hall–Kier alpha value is -3.09. The van der Waals surface area contributed by atoms with Crippen molar-refractivity contribution in [2.24, 2.45) is 5.92 Å². The molecule has 3 aromatic rings. The Morgan fingerprint density at radius 3 is 2.46 bits per heavy atom. The molecule has 35 heavy (non-hydrogen) atoms. The highest BCUT2D eigenvalue weighted by Gasteiger charge is 2.26. The molecule has 0 amide bonds. The third kappa shape index (κ3) is 6.13.